The molecule has 0 saturated carbocycles. The van der Waals surface area contributed by atoms with Crippen molar-refractivity contribution in [3.05, 3.63) is 27.3 Å². The van der Waals surface area contributed by atoms with Crippen LogP contribution in [0.5, 0.6) is 0 Å². The molecule has 1 aromatic carbocycles. The number of halogens is 1. The highest BCUT2D eigenvalue weighted by atomic mass is 35.5. The van der Waals surface area contributed by atoms with Gasteiger partial charge in [-0.15, -0.1) is 0 Å². The van der Waals surface area contributed by atoms with Crippen molar-refractivity contribution in [2.75, 3.05) is 0 Å². The zero-order valence-electron chi connectivity index (χ0n) is 9.49. The van der Waals surface area contributed by atoms with Crippen molar-refractivity contribution in [2.24, 2.45) is 0 Å². The molecular formula is C10H17ClOSi2. The fourth-order valence-electron chi connectivity index (χ4n) is 1.66. The van der Waals surface area contributed by atoms with E-state index in [9.17, 15) is 0 Å². The maximum absolute atomic E-state index is 6.32. The molecule has 1 aromatic rings. The summed E-state index contributed by atoms with van der Waals surface area (Å²) in [6, 6.07) is 0. The summed E-state index contributed by atoms with van der Waals surface area (Å²) in [6.45, 7) is 8.54. The average molecular weight is 245 g/mol. The minimum Gasteiger partial charge on any atom is -0.465 e. The van der Waals surface area contributed by atoms with Gasteiger partial charge in [0.1, 0.15) is 10.5 Å². The molecule has 0 heterocycles. The van der Waals surface area contributed by atoms with Crippen molar-refractivity contribution in [1.82, 2.24) is 0 Å². The van der Waals surface area contributed by atoms with Crippen molar-refractivity contribution >= 4 is 37.0 Å². The van der Waals surface area contributed by atoms with Crippen LogP contribution in [0.1, 0.15) is 22.3 Å². The van der Waals surface area contributed by atoms with E-state index in [0.717, 1.165) is 15.5 Å². The Hall–Kier alpha value is -0.0962. The standard InChI is InChI=1S/C10H17ClOSi2/c1-5-6(2)8(4)10(14-12-13)9(11)7(5)3/h14H2,1-4,13H3. The van der Waals surface area contributed by atoms with Crippen molar-refractivity contribution in [3.63, 3.8) is 0 Å². The van der Waals surface area contributed by atoms with Gasteiger partial charge in [0.2, 0.25) is 0 Å². The second-order valence-corrected chi connectivity index (χ2v) is 7.41. The van der Waals surface area contributed by atoms with Crippen LogP contribution >= 0.6 is 11.6 Å². The van der Waals surface area contributed by atoms with Gasteiger partial charge in [0.25, 0.3) is 0 Å². The van der Waals surface area contributed by atoms with Crippen LogP contribution in [0.3, 0.4) is 0 Å². The van der Waals surface area contributed by atoms with E-state index in [-0.39, 0.29) is 0 Å². The summed E-state index contributed by atoms with van der Waals surface area (Å²) in [5.41, 5.74) is 5.24. The molecule has 78 valence electrons. The second-order valence-electron chi connectivity index (χ2n) is 3.73. The molecule has 0 saturated heterocycles. The summed E-state index contributed by atoms with van der Waals surface area (Å²) in [5.74, 6) is 0. The summed E-state index contributed by atoms with van der Waals surface area (Å²) >= 11 is 6.32. The van der Waals surface area contributed by atoms with E-state index < -0.39 is 9.76 Å². The van der Waals surface area contributed by atoms with Gasteiger partial charge in [-0.3, -0.25) is 0 Å². The Labute approximate surface area is 96.3 Å². The predicted octanol–water partition coefficient (Wildman–Crippen LogP) is 0.580. The van der Waals surface area contributed by atoms with Crippen LogP contribution in [0.25, 0.3) is 0 Å². The van der Waals surface area contributed by atoms with E-state index in [4.69, 9.17) is 15.7 Å². The van der Waals surface area contributed by atoms with Crippen molar-refractivity contribution in [3.8, 4) is 0 Å². The lowest BCUT2D eigenvalue weighted by Gasteiger charge is -2.16. The molecule has 0 atom stereocenters. The van der Waals surface area contributed by atoms with Gasteiger partial charge in [-0.1, -0.05) is 11.6 Å². The first-order valence-corrected chi connectivity index (χ1v) is 7.22. The molecule has 0 amide bonds. The van der Waals surface area contributed by atoms with Crippen LogP contribution in [-0.2, 0) is 4.12 Å². The van der Waals surface area contributed by atoms with Gasteiger partial charge in [0.15, 0.2) is 9.76 Å². The van der Waals surface area contributed by atoms with Gasteiger partial charge in [0.05, 0.1) is 0 Å². The highest BCUT2D eigenvalue weighted by Gasteiger charge is 2.13. The molecular weight excluding hydrogens is 228 g/mol. The summed E-state index contributed by atoms with van der Waals surface area (Å²) in [6.07, 6.45) is 0. The van der Waals surface area contributed by atoms with Crippen molar-refractivity contribution in [1.29, 1.82) is 0 Å². The molecule has 0 fully saturated rings. The molecule has 0 aliphatic carbocycles. The highest BCUT2D eigenvalue weighted by Crippen LogP contribution is 2.22. The maximum atomic E-state index is 6.32. The zero-order valence-corrected chi connectivity index (χ0v) is 13.7. The molecule has 14 heavy (non-hydrogen) atoms. The molecule has 0 aromatic heterocycles. The Balaban J connectivity index is 3.43. The number of benzene rings is 1. The van der Waals surface area contributed by atoms with Crippen LogP contribution in [0.15, 0.2) is 0 Å². The van der Waals surface area contributed by atoms with Crippen LogP contribution in [-0.4, -0.2) is 20.2 Å². The summed E-state index contributed by atoms with van der Waals surface area (Å²) in [5, 5.41) is 2.23. The highest BCUT2D eigenvalue weighted by molar-refractivity contribution is 6.57. The van der Waals surface area contributed by atoms with Crippen LogP contribution in [0.2, 0.25) is 5.02 Å². The van der Waals surface area contributed by atoms with Crippen LogP contribution in [0, 0.1) is 27.7 Å². The van der Waals surface area contributed by atoms with Gasteiger partial charge in [-0.25, -0.2) is 0 Å². The van der Waals surface area contributed by atoms with Gasteiger partial charge < -0.3 is 4.12 Å². The Morgan fingerprint density at radius 3 is 2.00 bits per heavy atom. The van der Waals surface area contributed by atoms with Crippen molar-refractivity contribution < 1.29 is 4.12 Å². The first-order chi connectivity index (χ1) is 6.50. The molecule has 1 rings (SSSR count). The Morgan fingerprint density at radius 2 is 1.50 bits per heavy atom. The fourth-order valence-corrected chi connectivity index (χ4v) is 4.14. The molecule has 0 aliphatic heterocycles. The smallest absolute Gasteiger partial charge is 0.179 e. The van der Waals surface area contributed by atoms with E-state index in [1.807, 2.05) is 0 Å². The topological polar surface area (TPSA) is 9.23 Å². The predicted molar refractivity (Wildman–Crippen MR) is 69.6 cm³/mol. The third-order valence-electron chi connectivity index (χ3n) is 3.02. The number of hydrogen-bond donors (Lipinski definition) is 0. The molecule has 1 nitrogen and oxygen atoms in total. The number of hydrogen-bond acceptors (Lipinski definition) is 1. The van der Waals surface area contributed by atoms with Gasteiger partial charge in [-0.05, 0) is 55.1 Å². The molecule has 0 spiro atoms. The lowest BCUT2D eigenvalue weighted by atomic mass is 9.99. The first-order valence-electron chi connectivity index (χ1n) is 4.74. The lowest BCUT2D eigenvalue weighted by Crippen LogP contribution is -2.24. The van der Waals surface area contributed by atoms with E-state index in [1.165, 1.54) is 27.4 Å². The Kier molecular flexibility index (Phi) is 3.95. The lowest BCUT2D eigenvalue weighted by molar-refractivity contribution is 0.676. The first kappa shape index (κ1) is 12.0. The molecule has 4 heteroatoms. The summed E-state index contributed by atoms with van der Waals surface area (Å²) in [4.78, 5) is 0. The van der Waals surface area contributed by atoms with Crippen LogP contribution in [0.4, 0.5) is 0 Å². The largest absolute Gasteiger partial charge is 0.465 e. The molecule has 0 radical (unpaired) electrons. The Morgan fingerprint density at radius 1 is 1.00 bits per heavy atom. The monoisotopic (exact) mass is 244 g/mol. The van der Waals surface area contributed by atoms with Gasteiger partial charge >= 0.3 is 0 Å². The van der Waals surface area contributed by atoms with E-state index in [0.29, 0.717) is 0 Å². The minimum absolute atomic E-state index is 0.588. The summed E-state index contributed by atoms with van der Waals surface area (Å²) < 4.78 is 5.43. The maximum Gasteiger partial charge on any atom is 0.179 e. The zero-order chi connectivity index (χ0) is 10.9. The van der Waals surface area contributed by atoms with Crippen molar-refractivity contribution in [2.45, 2.75) is 27.7 Å². The Bertz CT molecular complexity index is 335. The average Bonchev–Trinajstić information content (AvgIpc) is 2.19. The second kappa shape index (κ2) is 4.62. The molecule has 0 aliphatic rings. The molecule has 0 N–H and O–H groups in total. The third kappa shape index (κ3) is 1.96. The molecule has 0 bridgehead atoms. The van der Waals surface area contributed by atoms with Crippen LogP contribution < -0.4 is 5.19 Å². The SMILES string of the molecule is Cc1c(C)c(C)c([SiH2]O[SiH3])c(Cl)c1C. The minimum atomic E-state index is -0.588. The molecule has 0 unspecified atom stereocenters. The summed E-state index contributed by atoms with van der Waals surface area (Å²) in [7, 11) is 0.229. The fraction of sp³-hybridized carbons (Fsp3) is 0.400. The van der Waals surface area contributed by atoms with E-state index >= 15 is 0 Å². The number of rotatable bonds is 2. The quantitative estimate of drug-likeness (QED) is 0.692. The normalized spacial score (nSPS) is 11.8. The third-order valence-corrected chi connectivity index (χ3v) is 6.09. The van der Waals surface area contributed by atoms with Gasteiger partial charge in [0, 0.05) is 5.02 Å². The van der Waals surface area contributed by atoms with E-state index in [1.54, 1.807) is 0 Å². The van der Waals surface area contributed by atoms with Gasteiger partial charge in [-0.2, -0.15) is 0 Å². The van der Waals surface area contributed by atoms with E-state index in [2.05, 4.69) is 27.7 Å².